The first-order valence-corrected chi connectivity index (χ1v) is 8.87. The molecule has 5 nitrogen and oxygen atoms in total. The highest BCUT2D eigenvalue weighted by Crippen LogP contribution is 2.37. The molecule has 2 aliphatic heterocycles. The molecule has 1 amide bonds. The zero-order chi connectivity index (χ0) is 17.1. The van der Waals surface area contributed by atoms with Crippen LogP contribution < -0.4 is 0 Å². The Hall–Kier alpha value is -2.24. The molecular weight excluding hydrogens is 314 g/mol. The monoisotopic (exact) mass is 337 g/mol. The second kappa shape index (κ2) is 6.94. The van der Waals surface area contributed by atoms with E-state index in [9.17, 15) is 4.79 Å². The van der Waals surface area contributed by atoms with Crippen LogP contribution in [-0.4, -0.2) is 39.5 Å². The molecular formula is C20H23N3O2. The Morgan fingerprint density at radius 1 is 1.00 bits per heavy atom. The number of carbonyl (C=O) groups is 1. The van der Waals surface area contributed by atoms with Gasteiger partial charge in [-0.2, -0.15) is 0 Å². The Morgan fingerprint density at radius 3 is 2.48 bits per heavy atom. The lowest BCUT2D eigenvalue weighted by Crippen LogP contribution is -2.44. The third kappa shape index (κ3) is 3.72. The van der Waals surface area contributed by atoms with Crippen LogP contribution in [0.5, 0.6) is 0 Å². The molecule has 0 radical (unpaired) electrons. The quantitative estimate of drug-likeness (QED) is 0.861. The van der Waals surface area contributed by atoms with Crippen LogP contribution in [0.4, 0.5) is 0 Å². The van der Waals surface area contributed by atoms with Crippen LogP contribution >= 0.6 is 0 Å². The summed E-state index contributed by atoms with van der Waals surface area (Å²) >= 11 is 0. The molecule has 2 aliphatic rings. The summed E-state index contributed by atoms with van der Waals surface area (Å²) in [5.41, 5.74) is 2.02. The third-order valence-electron chi connectivity index (χ3n) is 5.12. The van der Waals surface area contributed by atoms with Crippen molar-refractivity contribution in [2.45, 2.75) is 38.0 Å². The number of piperidine rings is 1. The Balaban J connectivity index is 1.34. The first-order valence-electron chi connectivity index (χ1n) is 8.87. The van der Waals surface area contributed by atoms with Gasteiger partial charge in [0.1, 0.15) is 5.60 Å². The molecule has 1 aromatic carbocycles. The molecule has 0 bridgehead atoms. The van der Waals surface area contributed by atoms with E-state index in [1.807, 2.05) is 42.6 Å². The summed E-state index contributed by atoms with van der Waals surface area (Å²) in [6.45, 7) is 3.33. The van der Waals surface area contributed by atoms with E-state index in [1.54, 1.807) is 11.3 Å². The van der Waals surface area contributed by atoms with E-state index in [0.717, 1.165) is 38.0 Å². The van der Waals surface area contributed by atoms with E-state index >= 15 is 0 Å². The number of amides is 1. The molecule has 5 heteroatoms. The third-order valence-corrected chi connectivity index (χ3v) is 5.12. The Kier molecular flexibility index (Phi) is 4.51. The standard InChI is InChI=1S/C20H23N3O2/c24-19-13-20(25-23(19)16-17-5-2-1-3-6-17)8-11-22(12-9-20)15-18-7-4-10-21-14-18/h1-7,10,14H,8-9,11-13,15-16H2. The van der Waals surface area contributed by atoms with Gasteiger partial charge in [-0.05, 0) is 30.0 Å². The molecule has 1 aromatic heterocycles. The highest BCUT2D eigenvalue weighted by molar-refractivity contribution is 5.78. The van der Waals surface area contributed by atoms with Gasteiger partial charge in [-0.25, -0.2) is 5.06 Å². The maximum Gasteiger partial charge on any atom is 0.249 e. The van der Waals surface area contributed by atoms with Crippen LogP contribution in [0.1, 0.15) is 30.4 Å². The Labute approximate surface area is 148 Å². The van der Waals surface area contributed by atoms with Gasteiger partial charge in [-0.15, -0.1) is 0 Å². The SMILES string of the molecule is O=C1CC2(CCN(Cc3cccnc3)CC2)ON1Cc1ccccc1. The van der Waals surface area contributed by atoms with Gasteiger partial charge in [-0.1, -0.05) is 36.4 Å². The highest BCUT2D eigenvalue weighted by Gasteiger charge is 2.46. The summed E-state index contributed by atoms with van der Waals surface area (Å²) in [4.78, 5) is 25.1. The van der Waals surface area contributed by atoms with Crippen LogP contribution in [0.3, 0.4) is 0 Å². The van der Waals surface area contributed by atoms with Crippen molar-refractivity contribution in [1.82, 2.24) is 14.9 Å². The number of hydrogen-bond acceptors (Lipinski definition) is 4. The fraction of sp³-hybridized carbons (Fsp3) is 0.400. The number of nitrogens with zero attached hydrogens (tertiary/aromatic N) is 3. The van der Waals surface area contributed by atoms with Gasteiger partial charge in [0.2, 0.25) is 5.91 Å². The van der Waals surface area contributed by atoms with Gasteiger partial charge in [0.15, 0.2) is 0 Å². The molecule has 25 heavy (non-hydrogen) atoms. The zero-order valence-electron chi connectivity index (χ0n) is 14.3. The summed E-state index contributed by atoms with van der Waals surface area (Å²) in [7, 11) is 0. The van der Waals surface area contributed by atoms with Crippen molar-refractivity contribution >= 4 is 5.91 Å². The minimum Gasteiger partial charge on any atom is -0.299 e. The fourth-order valence-corrected chi connectivity index (χ4v) is 3.69. The molecule has 0 aliphatic carbocycles. The van der Waals surface area contributed by atoms with Gasteiger partial charge >= 0.3 is 0 Å². The Morgan fingerprint density at radius 2 is 1.76 bits per heavy atom. The number of rotatable bonds is 4. The topological polar surface area (TPSA) is 45.7 Å². The van der Waals surface area contributed by atoms with Gasteiger partial charge < -0.3 is 0 Å². The summed E-state index contributed by atoms with van der Waals surface area (Å²) in [5.74, 6) is 0.101. The lowest BCUT2D eigenvalue weighted by Gasteiger charge is -2.37. The average Bonchev–Trinajstić information content (AvgIpc) is 2.94. The van der Waals surface area contributed by atoms with Crippen molar-refractivity contribution in [1.29, 1.82) is 0 Å². The smallest absolute Gasteiger partial charge is 0.249 e. The average molecular weight is 337 g/mol. The van der Waals surface area contributed by atoms with E-state index in [1.165, 1.54) is 5.56 Å². The van der Waals surface area contributed by atoms with Crippen molar-refractivity contribution in [2.75, 3.05) is 13.1 Å². The lowest BCUT2D eigenvalue weighted by molar-refractivity contribution is -0.214. The number of aromatic nitrogens is 1. The van der Waals surface area contributed by atoms with Crippen molar-refractivity contribution in [3.63, 3.8) is 0 Å². The van der Waals surface area contributed by atoms with Crippen molar-refractivity contribution < 1.29 is 9.63 Å². The molecule has 0 unspecified atom stereocenters. The Bertz CT molecular complexity index is 712. The van der Waals surface area contributed by atoms with Gasteiger partial charge in [-0.3, -0.25) is 19.5 Å². The number of carbonyl (C=O) groups excluding carboxylic acids is 1. The number of hydroxylamine groups is 2. The first kappa shape index (κ1) is 16.2. The van der Waals surface area contributed by atoms with Crippen LogP contribution in [0.15, 0.2) is 54.9 Å². The zero-order valence-corrected chi connectivity index (χ0v) is 14.3. The molecule has 2 fully saturated rings. The van der Waals surface area contributed by atoms with Gasteiger partial charge in [0.25, 0.3) is 0 Å². The largest absolute Gasteiger partial charge is 0.299 e. The molecule has 0 atom stereocenters. The molecule has 1 spiro atoms. The van der Waals surface area contributed by atoms with Crippen LogP contribution in [0.25, 0.3) is 0 Å². The minimum atomic E-state index is -0.308. The summed E-state index contributed by atoms with van der Waals surface area (Å²) in [5, 5.41) is 1.56. The van der Waals surface area contributed by atoms with Crippen molar-refractivity contribution in [3.05, 3.63) is 66.0 Å². The fourth-order valence-electron chi connectivity index (χ4n) is 3.69. The van der Waals surface area contributed by atoms with E-state index in [0.29, 0.717) is 13.0 Å². The first-order chi connectivity index (χ1) is 12.2. The van der Waals surface area contributed by atoms with E-state index in [4.69, 9.17) is 4.84 Å². The number of benzene rings is 1. The summed E-state index contributed by atoms with van der Waals surface area (Å²) in [6.07, 6.45) is 6.00. The molecule has 130 valence electrons. The number of pyridine rings is 1. The number of hydrogen-bond donors (Lipinski definition) is 0. The second-order valence-electron chi connectivity index (χ2n) is 7.00. The van der Waals surface area contributed by atoms with Crippen molar-refractivity contribution in [3.8, 4) is 0 Å². The lowest BCUT2D eigenvalue weighted by atomic mass is 9.88. The molecule has 0 saturated carbocycles. The molecule has 0 N–H and O–H groups in total. The van der Waals surface area contributed by atoms with Crippen LogP contribution in [-0.2, 0) is 22.7 Å². The van der Waals surface area contributed by atoms with Crippen LogP contribution in [0, 0.1) is 0 Å². The second-order valence-corrected chi connectivity index (χ2v) is 7.00. The van der Waals surface area contributed by atoms with Crippen LogP contribution in [0.2, 0.25) is 0 Å². The minimum absolute atomic E-state index is 0.101. The highest BCUT2D eigenvalue weighted by atomic mass is 16.7. The molecule has 2 aromatic rings. The predicted molar refractivity (Wildman–Crippen MR) is 94.2 cm³/mol. The molecule has 2 saturated heterocycles. The number of likely N-dealkylation sites (tertiary alicyclic amines) is 1. The van der Waals surface area contributed by atoms with E-state index < -0.39 is 0 Å². The maximum atomic E-state index is 12.4. The molecule has 4 rings (SSSR count). The summed E-state index contributed by atoms with van der Waals surface area (Å²) < 4.78 is 0. The molecule has 3 heterocycles. The van der Waals surface area contributed by atoms with Gasteiger partial charge in [0.05, 0.1) is 13.0 Å². The van der Waals surface area contributed by atoms with E-state index in [-0.39, 0.29) is 11.5 Å². The van der Waals surface area contributed by atoms with Gasteiger partial charge in [0, 0.05) is 32.0 Å². The maximum absolute atomic E-state index is 12.4. The normalized spacial score (nSPS) is 20.3. The van der Waals surface area contributed by atoms with E-state index in [2.05, 4.69) is 16.0 Å². The van der Waals surface area contributed by atoms with Crippen molar-refractivity contribution in [2.24, 2.45) is 0 Å². The summed E-state index contributed by atoms with van der Waals surface area (Å²) in [6, 6.07) is 14.1. The predicted octanol–water partition coefficient (Wildman–Crippen LogP) is 2.78.